The summed E-state index contributed by atoms with van der Waals surface area (Å²) in [6.45, 7) is 6.41. The second kappa shape index (κ2) is 5.17. The number of benzene rings is 1. The van der Waals surface area contributed by atoms with Gasteiger partial charge in [-0.15, -0.1) is 0 Å². The minimum absolute atomic E-state index is 0.242. The van der Waals surface area contributed by atoms with Gasteiger partial charge in [-0.25, -0.2) is 0 Å². The third-order valence-electron chi connectivity index (χ3n) is 3.88. The molecule has 2 unspecified atom stereocenters. The van der Waals surface area contributed by atoms with Crippen molar-refractivity contribution >= 4 is 23.2 Å². The number of likely N-dealkylation sites (N-methyl/N-ethyl adjacent to an activating group) is 1. The van der Waals surface area contributed by atoms with Crippen molar-refractivity contribution in [2.45, 2.75) is 32.1 Å². The molecule has 0 spiro atoms. The highest BCUT2D eigenvalue weighted by atomic mass is 35.5. The van der Waals surface area contributed by atoms with Gasteiger partial charge in [0.25, 0.3) is 0 Å². The molecule has 2 atom stereocenters. The van der Waals surface area contributed by atoms with Crippen molar-refractivity contribution in [2.75, 3.05) is 13.1 Å². The highest BCUT2D eigenvalue weighted by Gasteiger charge is 2.54. The van der Waals surface area contributed by atoms with Gasteiger partial charge in [-0.2, -0.15) is 0 Å². The topological polar surface area (TPSA) is 12.0 Å². The van der Waals surface area contributed by atoms with E-state index < -0.39 is 0 Å². The molecule has 1 aromatic rings. The van der Waals surface area contributed by atoms with Gasteiger partial charge in [-0.3, -0.25) is 0 Å². The average Bonchev–Trinajstić information content (AvgIpc) is 3.01. The molecule has 17 heavy (non-hydrogen) atoms. The first-order chi connectivity index (χ1) is 8.14. The Morgan fingerprint density at radius 2 is 2.12 bits per heavy atom. The summed E-state index contributed by atoms with van der Waals surface area (Å²) in [5.41, 5.74) is 1.50. The smallest absolute Gasteiger partial charge is 0.0459 e. The van der Waals surface area contributed by atoms with E-state index in [1.165, 1.54) is 18.4 Å². The van der Waals surface area contributed by atoms with Crippen LogP contribution >= 0.6 is 23.2 Å². The molecule has 0 aromatic heterocycles. The van der Waals surface area contributed by atoms with Crippen LogP contribution in [0.4, 0.5) is 0 Å². The molecule has 0 saturated heterocycles. The number of halogens is 2. The lowest BCUT2D eigenvalue weighted by atomic mass is 9.92. The molecule has 1 fully saturated rings. The van der Waals surface area contributed by atoms with E-state index in [0.29, 0.717) is 5.02 Å². The first-order valence-corrected chi connectivity index (χ1v) is 7.06. The molecule has 1 aromatic carbocycles. The van der Waals surface area contributed by atoms with Gasteiger partial charge in [0.2, 0.25) is 0 Å². The van der Waals surface area contributed by atoms with Gasteiger partial charge in [-0.1, -0.05) is 49.5 Å². The summed E-state index contributed by atoms with van der Waals surface area (Å²) in [4.78, 5) is 0. The Kier molecular flexibility index (Phi) is 4.02. The maximum Gasteiger partial charge on any atom is 0.0459 e. The lowest BCUT2D eigenvalue weighted by Gasteiger charge is -2.20. The summed E-state index contributed by atoms with van der Waals surface area (Å²) in [7, 11) is 0. The zero-order valence-electron chi connectivity index (χ0n) is 10.4. The molecular formula is C14H19Cl2N. The molecule has 1 aliphatic carbocycles. The van der Waals surface area contributed by atoms with Gasteiger partial charge in [0, 0.05) is 22.0 Å². The molecule has 1 N–H and O–H groups in total. The largest absolute Gasteiger partial charge is 0.316 e. The number of hydrogen-bond acceptors (Lipinski definition) is 1. The second-order valence-electron chi connectivity index (χ2n) is 4.87. The van der Waals surface area contributed by atoms with Crippen LogP contribution in [-0.4, -0.2) is 13.1 Å². The molecule has 0 heterocycles. The van der Waals surface area contributed by atoms with E-state index in [9.17, 15) is 0 Å². The fourth-order valence-corrected chi connectivity index (χ4v) is 3.40. The average molecular weight is 272 g/mol. The SMILES string of the molecule is CCNCC1(c2ccc(Cl)cc2Cl)CC1CC. The van der Waals surface area contributed by atoms with Crippen molar-refractivity contribution in [3.63, 3.8) is 0 Å². The van der Waals surface area contributed by atoms with E-state index in [0.717, 1.165) is 24.0 Å². The van der Waals surface area contributed by atoms with E-state index in [-0.39, 0.29) is 5.41 Å². The number of rotatable bonds is 5. The molecule has 0 amide bonds. The third kappa shape index (κ3) is 2.47. The predicted octanol–water partition coefficient (Wildman–Crippen LogP) is 4.27. The summed E-state index contributed by atoms with van der Waals surface area (Å²) in [5.74, 6) is 0.750. The van der Waals surface area contributed by atoms with E-state index >= 15 is 0 Å². The van der Waals surface area contributed by atoms with Crippen molar-refractivity contribution in [3.8, 4) is 0 Å². The molecule has 1 saturated carbocycles. The van der Waals surface area contributed by atoms with Gasteiger partial charge in [-0.05, 0) is 36.6 Å². The normalized spacial score (nSPS) is 27.2. The molecular weight excluding hydrogens is 253 g/mol. The Morgan fingerprint density at radius 1 is 1.35 bits per heavy atom. The maximum absolute atomic E-state index is 6.34. The number of hydrogen-bond donors (Lipinski definition) is 1. The van der Waals surface area contributed by atoms with Crippen molar-refractivity contribution < 1.29 is 0 Å². The van der Waals surface area contributed by atoms with Crippen LogP contribution in [0.3, 0.4) is 0 Å². The molecule has 0 bridgehead atoms. The van der Waals surface area contributed by atoms with Gasteiger partial charge in [0.05, 0.1) is 0 Å². The Hall–Kier alpha value is -0.240. The summed E-state index contributed by atoms with van der Waals surface area (Å²) in [6.07, 6.45) is 2.45. The predicted molar refractivity (Wildman–Crippen MR) is 75.1 cm³/mol. The monoisotopic (exact) mass is 271 g/mol. The summed E-state index contributed by atoms with van der Waals surface area (Å²) in [5, 5.41) is 4.99. The van der Waals surface area contributed by atoms with Gasteiger partial charge < -0.3 is 5.32 Å². The molecule has 2 rings (SSSR count). The molecule has 0 aliphatic heterocycles. The Bertz CT molecular complexity index is 405. The Morgan fingerprint density at radius 3 is 2.65 bits per heavy atom. The van der Waals surface area contributed by atoms with Gasteiger partial charge >= 0.3 is 0 Å². The zero-order valence-corrected chi connectivity index (χ0v) is 11.9. The number of nitrogens with one attached hydrogen (secondary N) is 1. The highest BCUT2D eigenvalue weighted by molar-refractivity contribution is 6.35. The lowest BCUT2D eigenvalue weighted by Crippen LogP contribution is -2.28. The van der Waals surface area contributed by atoms with Crippen LogP contribution in [0.15, 0.2) is 18.2 Å². The first-order valence-electron chi connectivity index (χ1n) is 6.30. The molecule has 0 radical (unpaired) electrons. The molecule has 94 valence electrons. The molecule has 3 heteroatoms. The summed E-state index contributed by atoms with van der Waals surface area (Å²) >= 11 is 12.3. The summed E-state index contributed by atoms with van der Waals surface area (Å²) in [6, 6.07) is 5.90. The second-order valence-corrected chi connectivity index (χ2v) is 5.71. The summed E-state index contributed by atoms with van der Waals surface area (Å²) < 4.78 is 0. The van der Waals surface area contributed by atoms with E-state index in [4.69, 9.17) is 23.2 Å². The van der Waals surface area contributed by atoms with Crippen molar-refractivity contribution in [2.24, 2.45) is 5.92 Å². The van der Waals surface area contributed by atoms with Crippen LogP contribution in [0.5, 0.6) is 0 Å². The fourth-order valence-electron chi connectivity index (χ4n) is 2.80. The van der Waals surface area contributed by atoms with Crippen LogP contribution in [-0.2, 0) is 5.41 Å². The van der Waals surface area contributed by atoms with E-state index in [2.05, 4.69) is 25.2 Å². The van der Waals surface area contributed by atoms with E-state index in [1.54, 1.807) is 0 Å². The van der Waals surface area contributed by atoms with Crippen LogP contribution < -0.4 is 5.32 Å². The maximum atomic E-state index is 6.34. The third-order valence-corrected chi connectivity index (χ3v) is 4.43. The fraction of sp³-hybridized carbons (Fsp3) is 0.571. The van der Waals surface area contributed by atoms with Crippen LogP contribution in [0.25, 0.3) is 0 Å². The lowest BCUT2D eigenvalue weighted by molar-refractivity contribution is 0.534. The first kappa shape index (κ1) is 13.2. The van der Waals surface area contributed by atoms with E-state index in [1.807, 2.05) is 12.1 Å². The van der Waals surface area contributed by atoms with Crippen LogP contribution in [0.2, 0.25) is 10.0 Å². The van der Waals surface area contributed by atoms with Crippen molar-refractivity contribution in [1.29, 1.82) is 0 Å². The van der Waals surface area contributed by atoms with Crippen molar-refractivity contribution in [3.05, 3.63) is 33.8 Å². The molecule has 1 nitrogen and oxygen atoms in total. The molecule has 1 aliphatic rings. The van der Waals surface area contributed by atoms with Crippen LogP contribution in [0, 0.1) is 5.92 Å². The Labute approximate surface area is 114 Å². The van der Waals surface area contributed by atoms with Gasteiger partial charge in [0.15, 0.2) is 0 Å². The quantitative estimate of drug-likeness (QED) is 0.844. The van der Waals surface area contributed by atoms with Crippen LogP contribution in [0.1, 0.15) is 32.3 Å². The minimum atomic E-state index is 0.242. The highest BCUT2D eigenvalue weighted by Crippen LogP contribution is 2.57. The standard InChI is InChI=1S/C14H19Cl2N/c1-3-10-8-14(10,9-17-4-2)12-6-5-11(15)7-13(12)16/h5-7,10,17H,3-4,8-9H2,1-2H3. The van der Waals surface area contributed by atoms with Gasteiger partial charge in [0.1, 0.15) is 0 Å². The zero-order chi connectivity index (χ0) is 12.5. The van der Waals surface area contributed by atoms with Crippen molar-refractivity contribution in [1.82, 2.24) is 5.32 Å². The minimum Gasteiger partial charge on any atom is -0.316 e. The Balaban J connectivity index is 2.28.